The topological polar surface area (TPSA) is 50.4 Å². The molecule has 0 aliphatic rings. The van der Waals surface area contributed by atoms with Gasteiger partial charge in [0.05, 0.1) is 19.3 Å². The molecule has 0 saturated heterocycles. The minimum atomic E-state index is -0.137. The molecule has 0 aliphatic heterocycles. The molecular formula is C17H17Cl3N2O2. The average Bonchev–Trinajstić information content (AvgIpc) is 2.55. The number of methoxy groups -OCH3 is 1. The maximum Gasteiger partial charge on any atom is 0.239 e. The fourth-order valence-electron chi connectivity index (χ4n) is 2.12. The Labute approximate surface area is 156 Å². The largest absolute Gasteiger partial charge is 0.495 e. The number of hydrogen-bond acceptors (Lipinski definition) is 3. The zero-order valence-corrected chi connectivity index (χ0v) is 15.3. The van der Waals surface area contributed by atoms with Crippen molar-refractivity contribution in [2.45, 2.75) is 6.42 Å². The summed E-state index contributed by atoms with van der Waals surface area (Å²) in [7, 11) is 1.56. The smallest absolute Gasteiger partial charge is 0.239 e. The molecular weight excluding hydrogens is 371 g/mol. The Morgan fingerprint density at radius 3 is 2.50 bits per heavy atom. The second-order valence-electron chi connectivity index (χ2n) is 5.03. The van der Waals surface area contributed by atoms with Gasteiger partial charge in [0.15, 0.2) is 0 Å². The Morgan fingerprint density at radius 2 is 1.79 bits per heavy atom. The zero-order valence-electron chi connectivity index (χ0n) is 13.0. The number of amides is 1. The molecule has 0 saturated carbocycles. The first-order valence-corrected chi connectivity index (χ1v) is 8.41. The number of carbonyl (C=O) groups excluding carboxylic acids is 1. The van der Waals surface area contributed by atoms with Gasteiger partial charge in [-0.15, -0.1) is 0 Å². The molecule has 24 heavy (non-hydrogen) atoms. The molecule has 0 fully saturated rings. The van der Waals surface area contributed by atoms with Crippen molar-refractivity contribution >= 4 is 46.4 Å². The number of rotatable bonds is 7. The van der Waals surface area contributed by atoms with Gasteiger partial charge in [0, 0.05) is 21.6 Å². The van der Waals surface area contributed by atoms with Gasteiger partial charge < -0.3 is 15.4 Å². The maximum atomic E-state index is 11.9. The normalized spacial score (nSPS) is 10.3. The van der Waals surface area contributed by atoms with Crippen LogP contribution in [0, 0.1) is 0 Å². The van der Waals surface area contributed by atoms with Crippen molar-refractivity contribution < 1.29 is 9.53 Å². The summed E-state index contributed by atoms with van der Waals surface area (Å²) in [6.45, 7) is 0.597. The highest BCUT2D eigenvalue weighted by Gasteiger charge is 2.07. The van der Waals surface area contributed by atoms with E-state index in [9.17, 15) is 4.79 Å². The molecule has 7 heteroatoms. The molecule has 128 valence electrons. The van der Waals surface area contributed by atoms with Crippen LogP contribution in [0.5, 0.6) is 5.75 Å². The first-order chi connectivity index (χ1) is 11.5. The molecule has 0 unspecified atom stereocenters. The summed E-state index contributed by atoms with van der Waals surface area (Å²) in [6, 6.07) is 10.5. The second kappa shape index (κ2) is 9.02. The van der Waals surface area contributed by atoms with E-state index in [-0.39, 0.29) is 12.5 Å². The van der Waals surface area contributed by atoms with Crippen LogP contribution in [0.4, 0.5) is 5.69 Å². The number of ether oxygens (including phenoxy) is 1. The van der Waals surface area contributed by atoms with Gasteiger partial charge in [-0.25, -0.2) is 0 Å². The van der Waals surface area contributed by atoms with Crippen LogP contribution in [0.1, 0.15) is 5.56 Å². The number of nitrogens with one attached hydrogen (secondary N) is 2. The van der Waals surface area contributed by atoms with Crippen molar-refractivity contribution in [2.24, 2.45) is 0 Å². The van der Waals surface area contributed by atoms with Gasteiger partial charge >= 0.3 is 0 Å². The third-order valence-corrected chi connectivity index (χ3v) is 4.15. The predicted molar refractivity (Wildman–Crippen MR) is 99.7 cm³/mol. The molecule has 0 aliphatic carbocycles. The lowest BCUT2D eigenvalue weighted by atomic mass is 10.1. The molecule has 0 aromatic heterocycles. The Balaban J connectivity index is 1.80. The molecule has 0 radical (unpaired) electrons. The van der Waals surface area contributed by atoms with E-state index >= 15 is 0 Å². The van der Waals surface area contributed by atoms with E-state index in [0.717, 1.165) is 5.56 Å². The maximum absolute atomic E-state index is 11.9. The Kier molecular flexibility index (Phi) is 7.03. The lowest BCUT2D eigenvalue weighted by Gasteiger charge is -2.12. The van der Waals surface area contributed by atoms with Gasteiger partial charge in [-0.3, -0.25) is 4.79 Å². The lowest BCUT2D eigenvalue weighted by molar-refractivity contribution is -0.119. The zero-order chi connectivity index (χ0) is 17.5. The van der Waals surface area contributed by atoms with Crippen LogP contribution in [0.2, 0.25) is 15.1 Å². The van der Waals surface area contributed by atoms with Gasteiger partial charge in [-0.05, 0) is 42.3 Å². The molecule has 1 amide bonds. The molecule has 0 heterocycles. The van der Waals surface area contributed by atoms with Crippen LogP contribution in [0.3, 0.4) is 0 Å². The number of halogens is 3. The molecule has 2 aromatic rings. The van der Waals surface area contributed by atoms with Crippen LogP contribution >= 0.6 is 34.8 Å². The van der Waals surface area contributed by atoms with Crippen LogP contribution < -0.4 is 15.4 Å². The van der Waals surface area contributed by atoms with E-state index in [4.69, 9.17) is 39.5 Å². The van der Waals surface area contributed by atoms with Crippen LogP contribution in [-0.4, -0.2) is 26.1 Å². The monoisotopic (exact) mass is 386 g/mol. The van der Waals surface area contributed by atoms with E-state index in [1.54, 1.807) is 37.4 Å². The number of anilines is 1. The predicted octanol–water partition coefficient (Wildman–Crippen LogP) is 4.43. The number of benzene rings is 2. The number of carbonyl (C=O) groups is 1. The van der Waals surface area contributed by atoms with E-state index in [2.05, 4.69) is 10.6 Å². The Bertz CT molecular complexity index is 723. The molecule has 2 N–H and O–H groups in total. The Hall–Kier alpha value is -1.62. The van der Waals surface area contributed by atoms with E-state index < -0.39 is 0 Å². The van der Waals surface area contributed by atoms with Crippen molar-refractivity contribution in [1.29, 1.82) is 0 Å². The van der Waals surface area contributed by atoms with Crippen LogP contribution in [0.25, 0.3) is 0 Å². The van der Waals surface area contributed by atoms with Gasteiger partial charge in [-0.1, -0.05) is 40.9 Å². The highest BCUT2D eigenvalue weighted by molar-refractivity contribution is 6.35. The highest BCUT2D eigenvalue weighted by Crippen LogP contribution is 2.27. The highest BCUT2D eigenvalue weighted by atomic mass is 35.5. The first-order valence-electron chi connectivity index (χ1n) is 7.27. The second-order valence-corrected chi connectivity index (χ2v) is 6.31. The first kappa shape index (κ1) is 18.7. The fourth-order valence-corrected chi connectivity index (χ4v) is 2.79. The van der Waals surface area contributed by atoms with Crippen molar-refractivity contribution in [3.63, 3.8) is 0 Å². The average molecular weight is 388 g/mol. The summed E-state index contributed by atoms with van der Waals surface area (Å²) in [6.07, 6.45) is 0.627. The molecule has 2 rings (SSSR count). The van der Waals surface area contributed by atoms with Crippen molar-refractivity contribution in [2.75, 3.05) is 25.5 Å². The molecule has 0 atom stereocenters. The van der Waals surface area contributed by atoms with Crippen molar-refractivity contribution in [3.8, 4) is 5.75 Å². The van der Waals surface area contributed by atoms with Crippen LogP contribution in [0.15, 0.2) is 36.4 Å². The van der Waals surface area contributed by atoms with Gasteiger partial charge in [0.1, 0.15) is 5.75 Å². The minimum absolute atomic E-state index is 0.116. The summed E-state index contributed by atoms with van der Waals surface area (Å²) < 4.78 is 5.22. The van der Waals surface area contributed by atoms with Gasteiger partial charge in [0.25, 0.3) is 0 Å². The van der Waals surface area contributed by atoms with Crippen molar-refractivity contribution in [1.82, 2.24) is 5.32 Å². The lowest BCUT2D eigenvalue weighted by Crippen LogP contribution is -2.31. The summed E-state index contributed by atoms with van der Waals surface area (Å²) in [4.78, 5) is 11.9. The van der Waals surface area contributed by atoms with E-state index in [1.807, 2.05) is 6.07 Å². The van der Waals surface area contributed by atoms with Gasteiger partial charge in [0.2, 0.25) is 5.91 Å². The third kappa shape index (κ3) is 5.48. The third-order valence-electron chi connectivity index (χ3n) is 3.33. The van der Waals surface area contributed by atoms with Crippen LogP contribution in [-0.2, 0) is 11.2 Å². The molecule has 0 spiro atoms. The Morgan fingerprint density at radius 1 is 1.08 bits per heavy atom. The molecule has 4 nitrogen and oxygen atoms in total. The standard InChI is InChI=1S/C17H17Cl3N2O2/c1-24-16-5-4-13(19)9-15(16)22-10-17(23)21-7-6-11-2-3-12(18)8-14(11)20/h2-5,8-9,22H,6-7,10H2,1H3,(H,21,23). The van der Waals surface area contributed by atoms with Crippen molar-refractivity contribution in [3.05, 3.63) is 57.0 Å². The SMILES string of the molecule is COc1ccc(Cl)cc1NCC(=O)NCCc1ccc(Cl)cc1Cl. The number of hydrogen-bond donors (Lipinski definition) is 2. The summed E-state index contributed by atoms with van der Waals surface area (Å²) in [5.74, 6) is 0.488. The molecule has 0 bridgehead atoms. The van der Waals surface area contributed by atoms with E-state index in [1.165, 1.54) is 0 Å². The quantitative estimate of drug-likeness (QED) is 0.739. The van der Waals surface area contributed by atoms with E-state index in [0.29, 0.717) is 39.5 Å². The minimum Gasteiger partial charge on any atom is -0.495 e. The molecule has 2 aromatic carbocycles. The fraction of sp³-hybridized carbons (Fsp3) is 0.235. The summed E-state index contributed by atoms with van der Waals surface area (Å²) in [5, 5.41) is 7.59. The van der Waals surface area contributed by atoms with Gasteiger partial charge in [-0.2, -0.15) is 0 Å². The summed E-state index contributed by atoms with van der Waals surface area (Å²) >= 11 is 17.9. The summed E-state index contributed by atoms with van der Waals surface area (Å²) in [5.41, 5.74) is 1.60.